The van der Waals surface area contributed by atoms with E-state index in [0.717, 1.165) is 45.6 Å². The monoisotopic (exact) mass is 461 g/mol. The van der Waals surface area contributed by atoms with Crippen LogP contribution in [-0.4, -0.2) is 31.4 Å². The number of thiazole rings is 1. The summed E-state index contributed by atoms with van der Waals surface area (Å²) in [5.41, 5.74) is 4.05. The van der Waals surface area contributed by atoms with Crippen LogP contribution in [0.15, 0.2) is 60.3 Å². The summed E-state index contributed by atoms with van der Waals surface area (Å²) >= 11 is 3.08. The molecule has 1 amide bonds. The van der Waals surface area contributed by atoms with Crippen molar-refractivity contribution in [3.05, 3.63) is 66.5 Å². The van der Waals surface area contributed by atoms with Crippen LogP contribution in [-0.2, 0) is 11.3 Å². The number of anilines is 1. The fourth-order valence-electron chi connectivity index (χ4n) is 3.53. The van der Waals surface area contributed by atoms with Gasteiger partial charge in [-0.15, -0.1) is 28.1 Å². The van der Waals surface area contributed by atoms with Crippen LogP contribution in [0.1, 0.15) is 30.1 Å². The number of benzene rings is 2. The second-order valence-electron chi connectivity index (χ2n) is 7.92. The lowest BCUT2D eigenvalue weighted by molar-refractivity contribution is -0.113. The number of hydrogen-bond donors (Lipinski definition) is 1. The lowest BCUT2D eigenvalue weighted by atomic mass is 10.2. The molecule has 0 atom stereocenters. The summed E-state index contributed by atoms with van der Waals surface area (Å²) in [6.45, 7) is 6.57. The molecule has 5 rings (SSSR count). The molecule has 0 aliphatic heterocycles. The zero-order valence-corrected chi connectivity index (χ0v) is 19.4. The number of nitrogens with zero attached hydrogens (tertiary/aromatic N) is 4. The molecule has 1 aliphatic carbocycles. The Hall–Kier alpha value is -2.97. The van der Waals surface area contributed by atoms with Crippen LogP contribution in [0, 0.1) is 6.92 Å². The van der Waals surface area contributed by atoms with Crippen LogP contribution < -0.4 is 5.32 Å². The number of amides is 1. The lowest BCUT2D eigenvalue weighted by Gasteiger charge is -2.08. The van der Waals surface area contributed by atoms with Crippen LogP contribution in [0.2, 0.25) is 0 Å². The molecule has 2 aromatic heterocycles. The Kier molecular flexibility index (Phi) is 5.80. The number of aromatic nitrogens is 4. The van der Waals surface area contributed by atoms with Crippen LogP contribution >= 0.6 is 23.1 Å². The third-order valence-electron chi connectivity index (χ3n) is 5.29. The molecule has 2 aromatic carbocycles. The molecular weight excluding hydrogens is 438 g/mol. The minimum absolute atomic E-state index is 0.0701. The molecule has 1 saturated carbocycles. The standard InChI is InChI=1S/C24H23N5OS2/c1-3-12-29-22(16-5-6-16)27-28-24(29)31-14-21(30)25-18-9-7-17(8-10-18)23-26-19-11-4-15(2)13-20(19)32-23/h3-4,7-11,13,16H,1,5-6,12,14H2,2H3,(H,25,30). The second-order valence-corrected chi connectivity index (χ2v) is 9.89. The molecule has 6 nitrogen and oxygen atoms in total. The first-order valence-electron chi connectivity index (χ1n) is 10.5. The molecule has 0 spiro atoms. The van der Waals surface area contributed by atoms with Crippen molar-refractivity contribution in [3.63, 3.8) is 0 Å². The van der Waals surface area contributed by atoms with Gasteiger partial charge in [-0.3, -0.25) is 4.79 Å². The van der Waals surface area contributed by atoms with Crippen molar-refractivity contribution >= 4 is 44.9 Å². The summed E-state index contributed by atoms with van der Waals surface area (Å²) in [4.78, 5) is 17.2. The van der Waals surface area contributed by atoms with Crippen LogP contribution in [0.4, 0.5) is 5.69 Å². The van der Waals surface area contributed by atoms with Gasteiger partial charge >= 0.3 is 0 Å². The van der Waals surface area contributed by atoms with Gasteiger partial charge in [0.25, 0.3) is 0 Å². The van der Waals surface area contributed by atoms with E-state index < -0.39 is 0 Å². The summed E-state index contributed by atoms with van der Waals surface area (Å²) in [5.74, 6) is 1.72. The highest BCUT2D eigenvalue weighted by atomic mass is 32.2. The molecule has 0 saturated heterocycles. The van der Waals surface area contributed by atoms with Gasteiger partial charge in [0, 0.05) is 23.7 Å². The molecule has 1 fully saturated rings. The van der Waals surface area contributed by atoms with Gasteiger partial charge in [0.05, 0.1) is 16.0 Å². The van der Waals surface area contributed by atoms with E-state index in [-0.39, 0.29) is 11.7 Å². The van der Waals surface area contributed by atoms with E-state index >= 15 is 0 Å². The van der Waals surface area contributed by atoms with Crippen LogP contribution in [0.3, 0.4) is 0 Å². The summed E-state index contributed by atoms with van der Waals surface area (Å²) in [5, 5.41) is 13.3. The number of fused-ring (bicyclic) bond motifs is 1. The van der Waals surface area contributed by atoms with Crippen molar-refractivity contribution in [2.75, 3.05) is 11.1 Å². The van der Waals surface area contributed by atoms with Gasteiger partial charge in [0.1, 0.15) is 10.8 Å². The van der Waals surface area contributed by atoms with Gasteiger partial charge in [-0.1, -0.05) is 23.9 Å². The summed E-state index contributed by atoms with van der Waals surface area (Å²) in [6, 6.07) is 14.1. The van der Waals surface area contributed by atoms with Gasteiger partial charge in [-0.25, -0.2) is 4.98 Å². The first-order valence-corrected chi connectivity index (χ1v) is 12.3. The summed E-state index contributed by atoms with van der Waals surface area (Å²) in [7, 11) is 0. The maximum Gasteiger partial charge on any atom is 0.234 e. The molecular formula is C24H23N5OS2. The largest absolute Gasteiger partial charge is 0.325 e. The van der Waals surface area contributed by atoms with Crippen molar-refractivity contribution in [1.29, 1.82) is 0 Å². The Morgan fingerprint density at radius 2 is 2.06 bits per heavy atom. The first kappa shape index (κ1) is 20.9. The topological polar surface area (TPSA) is 72.7 Å². The molecule has 0 bridgehead atoms. The van der Waals surface area contributed by atoms with E-state index in [9.17, 15) is 4.79 Å². The van der Waals surface area contributed by atoms with E-state index in [1.807, 2.05) is 30.3 Å². The Labute approximate surface area is 194 Å². The fraction of sp³-hybridized carbons (Fsp3) is 0.250. The summed E-state index contributed by atoms with van der Waals surface area (Å²) < 4.78 is 3.25. The number of allylic oxidation sites excluding steroid dienone is 1. The minimum Gasteiger partial charge on any atom is -0.325 e. The normalized spacial score (nSPS) is 13.4. The van der Waals surface area contributed by atoms with E-state index in [2.05, 4.69) is 51.8 Å². The summed E-state index contributed by atoms with van der Waals surface area (Å²) in [6.07, 6.45) is 4.16. The number of thioether (sulfide) groups is 1. The van der Waals surface area contributed by atoms with E-state index in [0.29, 0.717) is 12.5 Å². The average molecular weight is 462 g/mol. The Morgan fingerprint density at radius 3 is 2.81 bits per heavy atom. The van der Waals surface area contributed by atoms with Gasteiger partial charge in [-0.2, -0.15) is 0 Å². The number of aryl methyl sites for hydroxylation is 1. The van der Waals surface area contributed by atoms with E-state index in [1.54, 1.807) is 11.3 Å². The second kappa shape index (κ2) is 8.88. The number of rotatable bonds is 8. The maximum atomic E-state index is 12.5. The smallest absolute Gasteiger partial charge is 0.234 e. The minimum atomic E-state index is -0.0701. The van der Waals surface area contributed by atoms with Crippen molar-refractivity contribution < 1.29 is 4.79 Å². The number of carbonyl (C=O) groups excluding carboxylic acids is 1. The molecule has 1 aliphatic rings. The molecule has 4 aromatic rings. The molecule has 32 heavy (non-hydrogen) atoms. The van der Waals surface area contributed by atoms with E-state index in [4.69, 9.17) is 4.98 Å². The Bertz CT molecular complexity index is 1290. The van der Waals surface area contributed by atoms with Crippen molar-refractivity contribution in [3.8, 4) is 10.6 Å². The van der Waals surface area contributed by atoms with Crippen molar-refractivity contribution in [2.45, 2.75) is 37.4 Å². The molecule has 162 valence electrons. The van der Waals surface area contributed by atoms with Crippen molar-refractivity contribution in [1.82, 2.24) is 19.7 Å². The van der Waals surface area contributed by atoms with Gasteiger partial charge in [0.15, 0.2) is 5.16 Å². The zero-order valence-electron chi connectivity index (χ0n) is 17.7. The number of nitrogens with one attached hydrogen (secondary N) is 1. The van der Waals surface area contributed by atoms with E-state index in [1.165, 1.54) is 22.0 Å². The first-order chi connectivity index (χ1) is 15.6. The average Bonchev–Trinajstić information content (AvgIpc) is 3.42. The van der Waals surface area contributed by atoms with Gasteiger partial charge in [-0.05, 0) is 61.7 Å². The highest BCUT2D eigenvalue weighted by Gasteiger charge is 2.30. The lowest BCUT2D eigenvalue weighted by Crippen LogP contribution is -2.14. The van der Waals surface area contributed by atoms with Crippen molar-refractivity contribution in [2.24, 2.45) is 0 Å². The van der Waals surface area contributed by atoms with Crippen LogP contribution in [0.5, 0.6) is 0 Å². The highest BCUT2D eigenvalue weighted by Crippen LogP contribution is 2.40. The van der Waals surface area contributed by atoms with Crippen LogP contribution in [0.25, 0.3) is 20.8 Å². The molecule has 1 N–H and O–H groups in total. The Balaban J connectivity index is 1.22. The predicted molar refractivity (Wildman–Crippen MR) is 131 cm³/mol. The Morgan fingerprint density at radius 1 is 1.25 bits per heavy atom. The van der Waals surface area contributed by atoms with Gasteiger partial charge < -0.3 is 9.88 Å². The molecule has 0 unspecified atom stereocenters. The fourth-order valence-corrected chi connectivity index (χ4v) is 5.35. The third kappa shape index (κ3) is 4.47. The number of hydrogen-bond acceptors (Lipinski definition) is 6. The van der Waals surface area contributed by atoms with Gasteiger partial charge in [0.2, 0.25) is 5.91 Å². The third-order valence-corrected chi connectivity index (χ3v) is 7.33. The predicted octanol–water partition coefficient (Wildman–Crippen LogP) is 5.66. The highest BCUT2D eigenvalue weighted by molar-refractivity contribution is 7.99. The molecule has 8 heteroatoms. The zero-order chi connectivity index (χ0) is 22.1. The molecule has 0 radical (unpaired) electrons. The number of carbonyl (C=O) groups is 1. The quantitative estimate of drug-likeness (QED) is 0.271. The molecule has 2 heterocycles. The maximum absolute atomic E-state index is 12.5. The SMILES string of the molecule is C=CCn1c(SCC(=O)Nc2ccc(-c3nc4ccc(C)cc4s3)cc2)nnc1C1CC1.